The first kappa shape index (κ1) is 21.2. The highest BCUT2D eigenvalue weighted by Crippen LogP contribution is 2.47. The van der Waals surface area contributed by atoms with Crippen molar-refractivity contribution in [1.29, 1.82) is 0 Å². The summed E-state index contributed by atoms with van der Waals surface area (Å²) in [6.45, 7) is 0. The maximum Gasteiger partial charge on any atom is 0.269 e. The van der Waals surface area contributed by atoms with E-state index in [1.165, 1.54) is 24.3 Å². The average Bonchev–Trinajstić information content (AvgIpc) is 3.35. The molecule has 3 aromatic carbocycles. The summed E-state index contributed by atoms with van der Waals surface area (Å²) >= 11 is 1.62. The van der Waals surface area contributed by atoms with Gasteiger partial charge in [-0.1, -0.05) is 30.3 Å². The molecule has 166 valence electrons. The van der Waals surface area contributed by atoms with Gasteiger partial charge in [-0.05, 0) is 48.2 Å². The molecule has 5 rings (SSSR count). The summed E-state index contributed by atoms with van der Waals surface area (Å²) in [4.78, 5) is 45.5. The number of hydrogen-bond donors (Lipinski definition) is 0. The van der Waals surface area contributed by atoms with Gasteiger partial charge in [0.05, 0.1) is 22.3 Å². The van der Waals surface area contributed by atoms with Gasteiger partial charge in [-0.15, -0.1) is 11.8 Å². The van der Waals surface area contributed by atoms with Gasteiger partial charge >= 0.3 is 0 Å². The lowest BCUT2D eigenvalue weighted by Gasteiger charge is -2.28. The highest BCUT2D eigenvalue weighted by atomic mass is 32.2. The molecule has 2 amide bonds. The second-order valence-corrected chi connectivity index (χ2v) is 8.60. The SMILES string of the molecule is CSc1ccc([C@H]2[C@H]3C(=O)N(c4ccc([N+](=O)[O-])cc4)C(=O)[C@@H]3ON2c2ccccc2)cc1. The molecule has 0 radical (unpaired) electrons. The Morgan fingerprint density at radius 2 is 1.55 bits per heavy atom. The number of benzene rings is 3. The number of imide groups is 1. The molecule has 0 bridgehead atoms. The van der Waals surface area contributed by atoms with Crippen LogP contribution in [-0.4, -0.2) is 29.1 Å². The number of carbonyl (C=O) groups excluding carboxylic acids is 2. The Bertz CT molecular complexity index is 1220. The summed E-state index contributed by atoms with van der Waals surface area (Å²) in [6, 6.07) is 22.1. The number of amides is 2. The van der Waals surface area contributed by atoms with Crippen LogP contribution >= 0.6 is 11.8 Å². The van der Waals surface area contributed by atoms with Crippen LogP contribution in [0, 0.1) is 16.0 Å². The Kier molecular flexibility index (Phi) is 5.35. The molecule has 9 heteroatoms. The van der Waals surface area contributed by atoms with Crippen molar-refractivity contribution >= 4 is 40.6 Å². The largest absolute Gasteiger partial charge is 0.273 e. The number of thioether (sulfide) groups is 1. The van der Waals surface area contributed by atoms with Crippen molar-refractivity contribution in [2.24, 2.45) is 5.92 Å². The van der Waals surface area contributed by atoms with E-state index in [0.717, 1.165) is 21.0 Å². The van der Waals surface area contributed by atoms with E-state index in [2.05, 4.69) is 0 Å². The zero-order chi connectivity index (χ0) is 23.1. The number of fused-ring (bicyclic) bond motifs is 1. The third kappa shape index (κ3) is 3.55. The molecule has 2 saturated heterocycles. The highest BCUT2D eigenvalue weighted by molar-refractivity contribution is 7.98. The van der Waals surface area contributed by atoms with Crippen LogP contribution in [0.2, 0.25) is 0 Å². The number of nitro groups is 1. The first-order valence-corrected chi connectivity index (χ1v) is 11.5. The molecule has 0 spiro atoms. The Balaban J connectivity index is 1.54. The molecule has 3 aromatic rings. The number of hydroxylamine groups is 1. The summed E-state index contributed by atoms with van der Waals surface area (Å²) in [7, 11) is 0. The number of rotatable bonds is 5. The van der Waals surface area contributed by atoms with E-state index in [0.29, 0.717) is 0 Å². The van der Waals surface area contributed by atoms with Crippen LogP contribution in [0.5, 0.6) is 0 Å². The molecule has 3 atom stereocenters. The smallest absolute Gasteiger partial charge is 0.269 e. The maximum absolute atomic E-state index is 13.6. The standard InChI is InChI=1S/C24H19N3O5S/c1-33-19-13-7-15(8-14-19)21-20-22(32-26(21)17-5-3-2-4-6-17)24(29)25(23(20)28)16-9-11-18(12-10-16)27(30)31/h2-14,20-22H,1H3/t20-,21+,22-/m1/s1. The molecule has 0 saturated carbocycles. The predicted molar refractivity (Wildman–Crippen MR) is 124 cm³/mol. The topological polar surface area (TPSA) is 93.0 Å². The molecule has 0 aromatic heterocycles. The number of para-hydroxylation sites is 1. The van der Waals surface area contributed by atoms with Gasteiger partial charge in [-0.2, -0.15) is 0 Å². The summed E-state index contributed by atoms with van der Waals surface area (Å²) < 4.78 is 0. The molecule has 0 aliphatic carbocycles. The minimum Gasteiger partial charge on any atom is -0.273 e. The van der Waals surface area contributed by atoms with Crippen molar-refractivity contribution in [2.45, 2.75) is 17.0 Å². The van der Waals surface area contributed by atoms with E-state index < -0.39 is 34.8 Å². The third-order valence-corrected chi connectivity index (χ3v) is 6.65. The van der Waals surface area contributed by atoms with Crippen LogP contribution < -0.4 is 9.96 Å². The summed E-state index contributed by atoms with van der Waals surface area (Å²) in [6.07, 6.45) is 0.999. The van der Waals surface area contributed by atoms with Gasteiger partial charge in [-0.3, -0.25) is 24.5 Å². The summed E-state index contributed by atoms with van der Waals surface area (Å²) in [5.41, 5.74) is 1.77. The summed E-state index contributed by atoms with van der Waals surface area (Å²) in [5, 5.41) is 12.6. The van der Waals surface area contributed by atoms with Gasteiger partial charge in [0.2, 0.25) is 5.91 Å². The lowest BCUT2D eigenvalue weighted by Crippen LogP contribution is -2.37. The highest BCUT2D eigenvalue weighted by Gasteiger charge is 2.60. The van der Waals surface area contributed by atoms with Crippen LogP contribution in [0.15, 0.2) is 83.8 Å². The minimum atomic E-state index is -0.988. The number of nitro benzene ring substituents is 1. The number of anilines is 2. The second-order valence-electron chi connectivity index (χ2n) is 7.72. The van der Waals surface area contributed by atoms with Gasteiger partial charge < -0.3 is 0 Å². The molecule has 0 unspecified atom stereocenters. The second kappa shape index (κ2) is 8.34. The molecule has 8 nitrogen and oxygen atoms in total. The first-order chi connectivity index (χ1) is 16.0. The zero-order valence-electron chi connectivity index (χ0n) is 17.5. The fraction of sp³-hybridized carbons (Fsp3) is 0.167. The molecule has 2 aliphatic heterocycles. The molecular formula is C24H19N3O5S. The normalized spacial score (nSPS) is 22.0. The number of nitrogens with zero attached hydrogens (tertiary/aromatic N) is 3. The monoisotopic (exact) mass is 461 g/mol. The lowest BCUT2D eigenvalue weighted by molar-refractivity contribution is -0.384. The van der Waals surface area contributed by atoms with E-state index in [4.69, 9.17) is 4.84 Å². The Labute approximate surface area is 193 Å². The van der Waals surface area contributed by atoms with Gasteiger partial charge in [-0.25, -0.2) is 9.96 Å². The Hall–Kier alpha value is -3.69. The molecule has 2 fully saturated rings. The minimum absolute atomic E-state index is 0.115. The fourth-order valence-corrected chi connectivity index (χ4v) is 4.74. The zero-order valence-corrected chi connectivity index (χ0v) is 18.3. The van der Waals surface area contributed by atoms with E-state index in [9.17, 15) is 19.7 Å². The van der Waals surface area contributed by atoms with Crippen LogP contribution in [0.25, 0.3) is 0 Å². The Morgan fingerprint density at radius 1 is 0.879 bits per heavy atom. The quantitative estimate of drug-likeness (QED) is 0.241. The van der Waals surface area contributed by atoms with Gasteiger partial charge in [0, 0.05) is 17.0 Å². The van der Waals surface area contributed by atoms with E-state index in [1.54, 1.807) is 16.8 Å². The van der Waals surface area contributed by atoms with E-state index >= 15 is 0 Å². The van der Waals surface area contributed by atoms with Crippen LogP contribution in [0.1, 0.15) is 11.6 Å². The lowest BCUT2D eigenvalue weighted by atomic mass is 9.90. The van der Waals surface area contributed by atoms with Crippen molar-refractivity contribution in [1.82, 2.24) is 0 Å². The van der Waals surface area contributed by atoms with E-state index in [1.807, 2.05) is 60.9 Å². The average molecular weight is 461 g/mol. The third-order valence-electron chi connectivity index (χ3n) is 5.90. The van der Waals surface area contributed by atoms with Gasteiger partial charge in [0.25, 0.3) is 11.6 Å². The van der Waals surface area contributed by atoms with Crippen LogP contribution in [0.3, 0.4) is 0 Å². The van der Waals surface area contributed by atoms with E-state index in [-0.39, 0.29) is 11.4 Å². The van der Waals surface area contributed by atoms with Gasteiger partial charge in [0.15, 0.2) is 6.10 Å². The van der Waals surface area contributed by atoms with Crippen molar-refractivity contribution in [3.05, 3.63) is 94.5 Å². The molecule has 0 N–H and O–H groups in total. The fourth-order valence-electron chi connectivity index (χ4n) is 4.33. The van der Waals surface area contributed by atoms with Crippen molar-refractivity contribution in [3.63, 3.8) is 0 Å². The summed E-state index contributed by atoms with van der Waals surface area (Å²) in [5.74, 6) is -1.63. The number of hydrogen-bond acceptors (Lipinski definition) is 7. The van der Waals surface area contributed by atoms with Crippen LogP contribution in [-0.2, 0) is 14.4 Å². The molecule has 2 aliphatic rings. The predicted octanol–water partition coefficient (Wildman–Crippen LogP) is 4.37. The van der Waals surface area contributed by atoms with Crippen LogP contribution in [0.4, 0.5) is 17.1 Å². The molecule has 2 heterocycles. The van der Waals surface area contributed by atoms with Crippen molar-refractivity contribution in [2.75, 3.05) is 16.2 Å². The first-order valence-electron chi connectivity index (χ1n) is 10.3. The number of carbonyl (C=O) groups is 2. The van der Waals surface area contributed by atoms with Crippen molar-refractivity contribution < 1.29 is 19.3 Å². The molecule has 33 heavy (non-hydrogen) atoms. The van der Waals surface area contributed by atoms with Crippen molar-refractivity contribution in [3.8, 4) is 0 Å². The van der Waals surface area contributed by atoms with Gasteiger partial charge in [0.1, 0.15) is 5.92 Å². The maximum atomic E-state index is 13.6. The Morgan fingerprint density at radius 3 is 2.15 bits per heavy atom. The molecular weight excluding hydrogens is 442 g/mol. The number of non-ortho nitro benzene ring substituents is 1.